The molecule has 1 fully saturated rings. The summed E-state index contributed by atoms with van der Waals surface area (Å²) in [7, 11) is 3.99. The molecule has 1 N–H and O–H groups in total. The van der Waals surface area contributed by atoms with E-state index in [4.69, 9.17) is 4.84 Å². The van der Waals surface area contributed by atoms with Gasteiger partial charge in [-0.05, 0) is 47.5 Å². The molecule has 1 saturated heterocycles. The average molecular weight is 636 g/mol. The number of amides is 2. The van der Waals surface area contributed by atoms with E-state index < -0.39 is 12.4 Å². The van der Waals surface area contributed by atoms with Gasteiger partial charge in [-0.25, -0.2) is 19.9 Å². The van der Waals surface area contributed by atoms with Crippen molar-refractivity contribution in [2.45, 2.75) is 25.8 Å². The predicted octanol–water partition coefficient (Wildman–Crippen LogP) is 6.65. The number of halogens is 3. The molecule has 4 aromatic rings. The van der Waals surface area contributed by atoms with Crippen molar-refractivity contribution in [1.29, 1.82) is 0 Å². The lowest BCUT2D eigenvalue weighted by Crippen LogP contribution is -2.29. The zero-order valence-electron chi connectivity index (χ0n) is 24.4. The van der Waals surface area contributed by atoms with Crippen molar-refractivity contribution in [3.8, 4) is 22.8 Å². The first-order valence-corrected chi connectivity index (χ1v) is 14.8. The Morgan fingerprint density at radius 1 is 1.11 bits per heavy atom. The number of alkyl halides is 3. The molecule has 45 heavy (non-hydrogen) atoms. The number of hydroxylamine groups is 1. The van der Waals surface area contributed by atoms with Crippen LogP contribution in [0.2, 0.25) is 0 Å². The minimum Gasteiger partial charge on any atom is -0.406 e. The molecule has 10 nitrogen and oxygen atoms in total. The number of nitrogens with one attached hydrogen (secondary N) is 1. The van der Waals surface area contributed by atoms with Gasteiger partial charge in [-0.15, -0.1) is 18.3 Å². The van der Waals surface area contributed by atoms with Gasteiger partial charge < -0.3 is 9.64 Å². The van der Waals surface area contributed by atoms with Crippen LogP contribution >= 0.6 is 11.8 Å². The quantitative estimate of drug-likeness (QED) is 0.226. The zero-order valence-corrected chi connectivity index (χ0v) is 25.3. The van der Waals surface area contributed by atoms with Crippen LogP contribution in [0.4, 0.5) is 29.3 Å². The third-order valence-corrected chi connectivity index (χ3v) is 8.14. The maximum absolute atomic E-state index is 12.7. The van der Waals surface area contributed by atoms with Crippen LogP contribution in [0.5, 0.6) is 5.75 Å². The number of aromatic nitrogens is 3. The molecule has 0 spiro atoms. The number of thioether (sulfide) groups is 1. The highest BCUT2D eigenvalue weighted by Crippen LogP contribution is 2.44. The first kappa shape index (κ1) is 30.2. The number of aliphatic imine (C=N–C) groups is 1. The Morgan fingerprint density at radius 2 is 1.87 bits per heavy atom. The van der Waals surface area contributed by atoms with Crippen molar-refractivity contribution < 1.29 is 27.5 Å². The lowest BCUT2D eigenvalue weighted by Gasteiger charge is -2.31. The Kier molecular flexibility index (Phi) is 8.25. The number of carbonyl (C=O) groups is 1. The second-order valence-electron chi connectivity index (χ2n) is 10.5. The lowest BCUT2D eigenvalue weighted by atomic mass is 9.93. The van der Waals surface area contributed by atoms with Crippen LogP contribution in [-0.2, 0) is 11.4 Å². The van der Waals surface area contributed by atoms with Crippen molar-refractivity contribution >= 4 is 34.3 Å². The Balaban J connectivity index is 1.05. The van der Waals surface area contributed by atoms with Crippen molar-refractivity contribution in [1.82, 2.24) is 20.2 Å². The number of hydrogen-bond acceptors (Lipinski definition) is 7. The highest BCUT2D eigenvalue weighted by Gasteiger charge is 2.34. The molecule has 2 aliphatic heterocycles. The number of fused-ring (bicyclic) bond motifs is 3. The molecule has 1 aromatic heterocycles. The first-order valence-electron chi connectivity index (χ1n) is 13.9. The Bertz CT molecular complexity index is 1770. The topological polar surface area (TPSA) is 97.1 Å². The third kappa shape index (κ3) is 6.81. The molecule has 6 rings (SSSR count). The van der Waals surface area contributed by atoms with Crippen LogP contribution in [0.25, 0.3) is 17.1 Å². The van der Waals surface area contributed by atoms with Crippen molar-refractivity contribution in [2.75, 3.05) is 29.6 Å². The van der Waals surface area contributed by atoms with Gasteiger partial charge in [0.1, 0.15) is 12.1 Å². The summed E-state index contributed by atoms with van der Waals surface area (Å²) < 4.78 is 42.6. The largest absolute Gasteiger partial charge is 0.573 e. The number of hydrogen-bond donors (Lipinski definition) is 1. The standard InChI is InChI=1S/C31H28F3N7O3S/c1-19-14-24-17-45-30(41(24)27-15-23(39(2)3)10-13-26(19)27)36-29(42)38-43-16-20-4-6-21(7-5-20)28-35-18-40(37-28)22-8-11-25(12-9-22)44-31(32,33)34/h4-15,18-19H,16-17H2,1-3H3,(H,38,42)/b36-30-. The number of carbonyl (C=O) groups excluding carboxylic acids is 1. The summed E-state index contributed by atoms with van der Waals surface area (Å²) in [4.78, 5) is 30.8. The molecule has 0 saturated carbocycles. The molecule has 0 aliphatic carbocycles. The summed E-state index contributed by atoms with van der Waals surface area (Å²) >= 11 is 1.51. The number of urea groups is 1. The van der Waals surface area contributed by atoms with E-state index in [-0.39, 0.29) is 18.3 Å². The SMILES string of the molecule is CC1C=C2CS/C(=N\C(=O)NOCc3ccc(-c4ncn(-c5ccc(OC(F)(F)F)cc5)n4)cc3)N2c2cc(N(C)C)ccc21. The van der Waals surface area contributed by atoms with E-state index in [2.05, 4.69) is 56.5 Å². The number of nitrogens with zero attached hydrogens (tertiary/aromatic N) is 6. The normalized spacial score (nSPS) is 16.7. The molecule has 0 radical (unpaired) electrons. The van der Waals surface area contributed by atoms with Gasteiger partial charge in [0.2, 0.25) is 0 Å². The van der Waals surface area contributed by atoms with Crippen LogP contribution in [-0.4, -0.2) is 52.2 Å². The van der Waals surface area contributed by atoms with Gasteiger partial charge in [0, 0.05) is 42.7 Å². The minimum atomic E-state index is -4.76. The smallest absolute Gasteiger partial charge is 0.406 e. The fourth-order valence-electron chi connectivity index (χ4n) is 4.98. The van der Waals surface area contributed by atoms with Gasteiger partial charge in [0.15, 0.2) is 11.0 Å². The lowest BCUT2D eigenvalue weighted by molar-refractivity contribution is -0.274. The van der Waals surface area contributed by atoms with Crippen LogP contribution in [0.3, 0.4) is 0 Å². The van der Waals surface area contributed by atoms with E-state index >= 15 is 0 Å². The molecule has 0 bridgehead atoms. The Labute approximate surface area is 261 Å². The van der Waals surface area contributed by atoms with E-state index in [1.165, 1.54) is 52.6 Å². The second-order valence-corrected chi connectivity index (χ2v) is 11.5. The summed E-state index contributed by atoms with van der Waals surface area (Å²) in [6, 6.07) is 18.3. The molecule has 3 heterocycles. The van der Waals surface area contributed by atoms with E-state index in [1.807, 2.05) is 36.0 Å². The monoisotopic (exact) mass is 635 g/mol. The molecule has 1 unspecified atom stereocenters. The van der Waals surface area contributed by atoms with Crippen LogP contribution in [0.15, 0.2) is 89.8 Å². The van der Waals surface area contributed by atoms with Crippen molar-refractivity contribution in [2.24, 2.45) is 4.99 Å². The molecule has 2 aliphatic rings. The molecule has 2 amide bonds. The molecule has 232 valence electrons. The maximum Gasteiger partial charge on any atom is 0.573 e. The van der Waals surface area contributed by atoms with Gasteiger partial charge in [-0.2, -0.15) is 4.99 Å². The summed E-state index contributed by atoms with van der Waals surface area (Å²) in [5.74, 6) is 1.10. The van der Waals surface area contributed by atoms with Crippen LogP contribution < -0.4 is 20.0 Å². The van der Waals surface area contributed by atoms with Crippen molar-refractivity contribution in [3.05, 3.63) is 96.0 Å². The van der Waals surface area contributed by atoms with Gasteiger partial charge in [-0.1, -0.05) is 55.1 Å². The van der Waals surface area contributed by atoms with Gasteiger partial charge in [-0.3, -0.25) is 9.74 Å². The fourth-order valence-corrected chi connectivity index (χ4v) is 5.98. The van der Waals surface area contributed by atoms with E-state index in [9.17, 15) is 18.0 Å². The van der Waals surface area contributed by atoms with Crippen LogP contribution in [0.1, 0.15) is 24.0 Å². The molecule has 1 atom stereocenters. The van der Waals surface area contributed by atoms with E-state index in [0.29, 0.717) is 16.7 Å². The average Bonchev–Trinajstić information content (AvgIpc) is 3.65. The Morgan fingerprint density at radius 3 is 2.58 bits per heavy atom. The predicted molar refractivity (Wildman–Crippen MR) is 166 cm³/mol. The molecular weight excluding hydrogens is 607 g/mol. The summed E-state index contributed by atoms with van der Waals surface area (Å²) in [6.45, 7) is 2.27. The number of rotatable bonds is 7. The zero-order chi connectivity index (χ0) is 31.7. The highest BCUT2D eigenvalue weighted by atomic mass is 32.2. The third-order valence-electron chi connectivity index (χ3n) is 7.17. The van der Waals surface area contributed by atoms with E-state index in [0.717, 1.165) is 34.0 Å². The second kappa shape index (κ2) is 12.3. The molecule has 14 heteroatoms. The fraction of sp³-hybridized carbons (Fsp3) is 0.226. The molecular formula is C31H28F3N7O3S. The number of amidine groups is 1. The summed E-state index contributed by atoms with van der Waals surface area (Å²) in [5.41, 5.74) is 8.82. The van der Waals surface area contributed by atoms with E-state index in [1.54, 1.807) is 12.1 Å². The van der Waals surface area contributed by atoms with Gasteiger partial charge in [0.25, 0.3) is 0 Å². The number of allylic oxidation sites excluding steroid dienone is 1. The highest BCUT2D eigenvalue weighted by molar-refractivity contribution is 8.14. The van der Waals surface area contributed by atoms with Crippen molar-refractivity contribution in [3.63, 3.8) is 0 Å². The van der Waals surface area contributed by atoms with Gasteiger partial charge >= 0.3 is 12.4 Å². The maximum atomic E-state index is 12.7. The number of anilines is 2. The van der Waals surface area contributed by atoms with Gasteiger partial charge in [0.05, 0.1) is 18.0 Å². The minimum absolute atomic E-state index is 0.111. The number of benzene rings is 3. The summed E-state index contributed by atoms with van der Waals surface area (Å²) in [5, 5.41) is 5.00. The molecule has 3 aromatic carbocycles. The summed E-state index contributed by atoms with van der Waals surface area (Å²) in [6.07, 6.45) is -1.08. The number of ether oxygens (including phenoxy) is 1. The Hall–Kier alpha value is -4.82. The van der Waals surface area contributed by atoms with Crippen LogP contribution in [0, 0.1) is 0 Å². The first-order chi connectivity index (χ1) is 21.5.